The van der Waals surface area contributed by atoms with E-state index in [0.717, 1.165) is 44.7 Å². The predicted octanol–water partition coefficient (Wildman–Crippen LogP) is 2.33. The second-order valence-corrected chi connectivity index (χ2v) is 7.82. The predicted molar refractivity (Wildman–Crippen MR) is 99.2 cm³/mol. The molecular weight excluding hydrogens is 320 g/mol. The van der Waals surface area contributed by atoms with Crippen LogP contribution in [0.5, 0.6) is 0 Å². The van der Waals surface area contributed by atoms with E-state index in [9.17, 15) is 4.79 Å². The number of benzene rings is 1. The molecule has 0 saturated carbocycles. The fourth-order valence-electron chi connectivity index (χ4n) is 3.09. The summed E-state index contributed by atoms with van der Waals surface area (Å²) in [6.07, 6.45) is 1.10. The first kappa shape index (κ1) is 17.3. The van der Waals surface area contributed by atoms with E-state index in [1.807, 2.05) is 19.9 Å². The van der Waals surface area contributed by atoms with Gasteiger partial charge in [0, 0.05) is 19.1 Å². The molecular formula is C18H26N4OS. The lowest BCUT2D eigenvalue weighted by Gasteiger charge is -2.21. The zero-order chi connectivity index (χ0) is 16.9. The molecule has 1 fully saturated rings. The van der Waals surface area contributed by atoms with Gasteiger partial charge in [0.05, 0.1) is 23.3 Å². The number of thiazole rings is 1. The highest BCUT2D eigenvalue weighted by molar-refractivity contribution is 7.18. The Balaban J connectivity index is 1.52. The summed E-state index contributed by atoms with van der Waals surface area (Å²) in [5, 5.41) is 4.16. The first-order valence-electron chi connectivity index (χ1n) is 8.68. The van der Waals surface area contributed by atoms with E-state index in [1.54, 1.807) is 11.3 Å². The number of nitrogens with one attached hydrogen (secondary N) is 1. The summed E-state index contributed by atoms with van der Waals surface area (Å²) in [6.45, 7) is 9.40. The molecule has 0 spiro atoms. The number of amides is 1. The van der Waals surface area contributed by atoms with Gasteiger partial charge in [-0.2, -0.15) is 0 Å². The van der Waals surface area contributed by atoms with Gasteiger partial charge >= 0.3 is 0 Å². The number of hydrogen-bond donors (Lipinski definition) is 1. The molecule has 1 N–H and O–H groups in total. The Morgan fingerprint density at radius 2 is 1.96 bits per heavy atom. The number of para-hydroxylation sites is 1. The monoisotopic (exact) mass is 346 g/mol. The Morgan fingerprint density at radius 1 is 1.21 bits per heavy atom. The smallest absolute Gasteiger partial charge is 0.234 e. The molecule has 0 unspecified atom stereocenters. The van der Waals surface area contributed by atoms with Crippen molar-refractivity contribution in [1.29, 1.82) is 0 Å². The van der Waals surface area contributed by atoms with E-state index in [-0.39, 0.29) is 11.9 Å². The van der Waals surface area contributed by atoms with Gasteiger partial charge in [0.25, 0.3) is 0 Å². The van der Waals surface area contributed by atoms with Gasteiger partial charge in [-0.15, -0.1) is 11.3 Å². The fourth-order valence-corrected chi connectivity index (χ4v) is 4.10. The Morgan fingerprint density at radius 3 is 2.75 bits per heavy atom. The van der Waals surface area contributed by atoms with Crippen molar-refractivity contribution in [3.05, 3.63) is 29.3 Å². The highest BCUT2D eigenvalue weighted by Crippen LogP contribution is 2.22. The average molecular weight is 347 g/mol. The zero-order valence-electron chi connectivity index (χ0n) is 14.5. The van der Waals surface area contributed by atoms with E-state index in [0.29, 0.717) is 6.54 Å². The van der Waals surface area contributed by atoms with Crippen molar-refractivity contribution in [1.82, 2.24) is 20.1 Å². The summed E-state index contributed by atoms with van der Waals surface area (Å²) in [5.41, 5.74) is 1.10. The number of carbonyl (C=O) groups is 1. The van der Waals surface area contributed by atoms with Crippen LogP contribution in [0.2, 0.25) is 0 Å². The quantitative estimate of drug-likeness (QED) is 0.903. The maximum atomic E-state index is 11.9. The number of carbonyl (C=O) groups excluding carboxylic acids is 1. The minimum Gasteiger partial charge on any atom is -0.353 e. The number of nitrogens with zero attached hydrogens (tertiary/aromatic N) is 3. The molecule has 2 heterocycles. The summed E-state index contributed by atoms with van der Waals surface area (Å²) >= 11 is 1.79. The maximum absolute atomic E-state index is 11.9. The molecule has 5 nitrogen and oxygen atoms in total. The lowest BCUT2D eigenvalue weighted by molar-refractivity contribution is -0.122. The van der Waals surface area contributed by atoms with Crippen molar-refractivity contribution in [3.8, 4) is 0 Å². The van der Waals surface area contributed by atoms with Crippen LogP contribution in [0.1, 0.15) is 25.3 Å². The number of hydrogen-bond acceptors (Lipinski definition) is 5. The van der Waals surface area contributed by atoms with Gasteiger partial charge in [0.15, 0.2) is 0 Å². The third-order valence-corrected chi connectivity index (χ3v) is 5.22. The average Bonchev–Trinajstić information content (AvgIpc) is 2.80. The van der Waals surface area contributed by atoms with Crippen molar-refractivity contribution < 1.29 is 4.79 Å². The molecule has 130 valence electrons. The normalized spacial score (nSPS) is 17.3. The molecule has 24 heavy (non-hydrogen) atoms. The molecule has 0 aliphatic carbocycles. The molecule has 0 atom stereocenters. The van der Waals surface area contributed by atoms with Gasteiger partial charge in [-0.1, -0.05) is 12.1 Å². The lowest BCUT2D eigenvalue weighted by atomic mass is 10.3. The Labute approximate surface area is 147 Å². The second kappa shape index (κ2) is 8.05. The topological polar surface area (TPSA) is 48.5 Å². The first-order chi connectivity index (χ1) is 11.6. The Bertz CT molecular complexity index is 651. The van der Waals surface area contributed by atoms with Crippen LogP contribution in [0.15, 0.2) is 24.3 Å². The molecule has 1 aromatic carbocycles. The molecule has 6 heteroatoms. The van der Waals surface area contributed by atoms with Crippen LogP contribution in [-0.2, 0) is 11.3 Å². The van der Waals surface area contributed by atoms with Crippen molar-refractivity contribution in [2.45, 2.75) is 32.9 Å². The number of rotatable bonds is 5. The van der Waals surface area contributed by atoms with E-state index < -0.39 is 0 Å². The summed E-state index contributed by atoms with van der Waals surface area (Å²) in [7, 11) is 0. The van der Waals surface area contributed by atoms with Crippen molar-refractivity contribution in [3.63, 3.8) is 0 Å². The summed E-state index contributed by atoms with van der Waals surface area (Å²) in [4.78, 5) is 21.4. The standard InChI is InChI=1S/C18H26N4OS/c1-14(2)19-17(23)12-21-8-5-9-22(11-10-21)13-18-20-15-6-3-4-7-16(15)24-18/h3-4,6-7,14H,5,8-13H2,1-2H3,(H,19,23). The van der Waals surface area contributed by atoms with Crippen LogP contribution in [0, 0.1) is 0 Å². The van der Waals surface area contributed by atoms with Gasteiger partial charge in [0.1, 0.15) is 5.01 Å². The Hall–Kier alpha value is -1.50. The molecule has 3 rings (SSSR count). The third kappa shape index (κ3) is 4.75. The molecule has 1 amide bonds. The third-order valence-electron chi connectivity index (χ3n) is 4.20. The second-order valence-electron chi connectivity index (χ2n) is 6.70. The molecule has 0 radical (unpaired) electrons. The molecule has 1 saturated heterocycles. The number of fused-ring (bicyclic) bond motifs is 1. The van der Waals surface area contributed by atoms with Crippen LogP contribution < -0.4 is 5.32 Å². The Kier molecular flexibility index (Phi) is 5.81. The van der Waals surface area contributed by atoms with E-state index in [4.69, 9.17) is 4.98 Å². The van der Waals surface area contributed by atoms with Crippen LogP contribution >= 0.6 is 11.3 Å². The van der Waals surface area contributed by atoms with E-state index in [1.165, 1.54) is 9.71 Å². The fraction of sp³-hybridized carbons (Fsp3) is 0.556. The summed E-state index contributed by atoms with van der Waals surface area (Å²) < 4.78 is 1.26. The van der Waals surface area contributed by atoms with Crippen LogP contribution in [0.4, 0.5) is 0 Å². The summed E-state index contributed by atoms with van der Waals surface area (Å²) in [6, 6.07) is 8.52. The first-order valence-corrected chi connectivity index (χ1v) is 9.50. The molecule has 1 aliphatic rings. The zero-order valence-corrected chi connectivity index (χ0v) is 15.3. The van der Waals surface area contributed by atoms with Gasteiger partial charge in [-0.05, 0) is 45.5 Å². The van der Waals surface area contributed by atoms with Crippen molar-refractivity contribution in [2.75, 3.05) is 32.7 Å². The number of aromatic nitrogens is 1. The van der Waals surface area contributed by atoms with Crippen LogP contribution in [0.3, 0.4) is 0 Å². The SMILES string of the molecule is CC(C)NC(=O)CN1CCCN(Cc2nc3ccccc3s2)CC1. The van der Waals surface area contributed by atoms with Gasteiger partial charge in [-0.25, -0.2) is 4.98 Å². The maximum Gasteiger partial charge on any atom is 0.234 e. The minimum atomic E-state index is 0.129. The van der Waals surface area contributed by atoms with Crippen molar-refractivity contribution in [2.24, 2.45) is 0 Å². The highest BCUT2D eigenvalue weighted by atomic mass is 32.1. The van der Waals surface area contributed by atoms with Gasteiger partial charge < -0.3 is 5.32 Å². The van der Waals surface area contributed by atoms with Crippen LogP contribution in [-0.4, -0.2) is 59.5 Å². The largest absolute Gasteiger partial charge is 0.353 e. The minimum absolute atomic E-state index is 0.129. The molecule has 0 bridgehead atoms. The van der Waals surface area contributed by atoms with Gasteiger partial charge in [-0.3, -0.25) is 14.6 Å². The molecule has 1 aliphatic heterocycles. The van der Waals surface area contributed by atoms with E-state index >= 15 is 0 Å². The lowest BCUT2D eigenvalue weighted by Crippen LogP contribution is -2.41. The van der Waals surface area contributed by atoms with E-state index in [2.05, 4.69) is 33.3 Å². The molecule has 1 aromatic heterocycles. The molecule has 2 aromatic rings. The van der Waals surface area contributed by atoms with Crippen molar-refractivity contribution >= 4 is 27.5 Å². The van der Waals surface area contributed by atoms with Gasteiger partial charge in [0.2, 0.25) is 5.91 Å². The highest BCUT2D eigenvalue weighted by Gasteiger charge is 2.18. The summed E-state index contributed by atoms with van der Waals surface area (Å²) in [5.74, 6) is 0.129. The van der Waals surface area contributed by atoms with Crippen LogP contribution in [0.25, 0.3) is 10.2 Å².